The molecule has 0 heterocycles. The van der Waals surface area contributed by atoms with E-state index in [4.69, 9.17) is 18.9 Å². The molecule has 1 N–H and O–H groups in total. The minimum absolute atomic E-state index is 0.0788. The highest BCUT2D eigenvalue weighted by atomic mass is 16.5. The van der Waals surface area contributed by atoms with Crippen LogP contribution in [0.5, 0.6) is 23.0 Å². The van der Waals surface area contributed by atoms with Gasteiger partial charge in [-0.3, -0.25) is 4.79 Å². The molecule has 0 aromatic heterocycles. The highest BCUT2D eigenvalue weighted by Crippen LogP contribution is 2.29. The average molecular weight is 359 g/mol. The van der Waals surface area contributed by atoms with Crippen molar-refractivity contribution in [3.8, 4) is 23.0 Å². The van der Waals surface area contributed by atoms with E-state index >= 15 is 0 Å². The lowest BCUT2D eigenvalue weighted by Gasteiger charge is -2.18. The summed E-state index contributed by atoms with van der Waals surface area (Å²) in [5.74, 6) is 2.54. The van der Waals surface area contributed by atoms with Crippen molar-refractivity contribution in [3.05, 3.63) is 48.0 Å². The molecule has 140 valence electrons. The Morgan fingerprint density at radius 2 is 1.58 bits per heavy atom. The SMILES string of the molecule is CCOc1ccc(OCC(=O)N[C@H](C)c2cc(OC)ccc2OC)cc1. The molecule has 0 fully saturated rings. The van der Waals surface area contributed by atoms with E-state index in [0.717, 1.165) is 11.3 Å². The van der Waals surface area contributed by atoms with Gasteiger partial charge in [0.05, 0.1) is 26.9 Å². The topological polar surface area (TPSA) is 66.0 Å². The van der Waals surface area contributed by atoms with Crippen LogP contribution < -0.4 is 24.3 Å². The summed E-state index contributed by atoms with van der Waals surface area (Å²) in [7, 11) is 3.19. The third-order valence-corrected chi connectivity index (χ3v) is 3.79. The van der Waals surface area contributed by atoms with E-state index in [9.17, 15) is 4.79 Å². The Morgan fingerprint density at radius 3 is 2.15 bits per heavy atom. The Kier molecular flexibility index (Phi) is 7.14. The molecule has 0 spiro atoms. The number of hydrogen-bond donors (Lipinski definition) is 1. The van der Waals surface area contributed by atoms with Crippen molar-refractivity contribution in [3.63, 3.8) is 0 Å². The van der Waals surface area contributed by atoms with Crippen LogP contribution in [-0.4, -0.2) is 33.3 Å². The molecule has 6 heteroatoms. The van der Waals surface area contributed by atoms with Crippen LogP contribution in [0.1, 0.15) is 25.5 Å². The molecule has 2 rings (SSSR count). The lowest BCUT2D eigenvalue weighted by Crippen LogP contribution is -2.31. The lowest BCUT2D eigenvalue weighted by molar-refractivity contribution is -0.123. The van der Waals surface area contributed by atoms with Gasteiger partial charge in [-0.15, -0.1) is 0 Å². The number of amides is 1. The predicted molar refractivity (Wildman–Crippen MR) is 99.2 cm³/mol. The maximum atomic E-state index is 12.2. The van der Waals surface area contributed by atoms with Crippen LogP contribution in [0.4, 0.5) is 0 Å². The summed E-state index contributed by atoms with van der Waals surface area (Å²) in [5, 5.41) is 2.90. The summed E-state index contributed by atoms with van der Waals surface area (Å²) in [4.78, 5) is 12.2. The summed E-state index contributed by atoms with van der Waals surface area (Å²) >= 11 is 0. The molecule has 0 aliphatic heterocycles. The van der Waals surface area contributed by atoms with Crippen molar-refractivity contribution >= 4 is 5.91 Å². The van der Waals surface area contributed by atoms with Gasteiger partial charge in [0.15, 0.2) is 6.61 Å². The number of carbonyl (C=O) groups excluding carboxylic acids is 1. The summed E-state index contributed by atoms with van der Waals surface area (Å²) in [6.45, 7) is 4.33. The minimum atomic E-state index is -0.253. The van der Waals surface area contributed by atoms with Gasteiger partial charge in [0, 0.05) is 5.56 Å². The van der Waals surface area contributed by atoms with E-state index in [1.165, 1.54) is 0 Å². The zero-order valence-electron chi connectivity index (χ0n) is 15.6. The first-order valence-corrected chi connectivity index (χ1v) is 8.44. The van der Waals surface area contributed by atoms with Gasteiger partial charge >= 0.3 is 0 Å². The Morgan fingerprint density at radius 1 is 0.962 bits per heavy atom. The van der Waals surface area contributed by atoms with Crippen molar-refractivity contribution < 1.29 is 23.7 Å². The van der Waals surface area contributed by atoms with Gasteiger partial charge in [-0.2, -0.15) is 0 Å². The maximum absolute atomic E-state index is 12.2. The second-order valence-corrected chi connectivity index (χ2v) is 5.59. The Bertz CT molecular complexity index is 715. The molecule has 2 aromatic carbocycles. The number of ether oxygens (including phenoxy) is 4. The van der Waals surface area contributed by atoms with Crippen LogP contribution >= 0.6 is 0 Å². The van der Waals surface area contributed by atoms with Crippen molar-refractivity contribution in [2.24, 2.45) is 0 Å². The van der Waals surface area contributed by atoms with Gasteiger partial charge in [0.25, 0.3) is 5.91 Å². The number of methoxy groups -OCH3 is 2. The minimum Gasteiger partial charge on any atom is -0.497 e. The summed E-state index contributed by atoms with van der Waals surface area (Å²) < 4.78 is 21.5. The highest BCUT2D eigenvalue weighted by molar-refractivity contribution is 5.78. The first-order chi connectivity index (χ1) is 12.6. The predicted octanol–water partition coefficient (Wildman–Crippen LogP) is 3.36. The fourth-order valence-electron chi connectivity index (χ4n) is 2.49. The molecule has 0 aliphatic carbocycles. The van der Waals surface area contributed by atoms with Crippen LogP contribution in [0.3, 0.4) is 0 Å². The van der Waals surface area contributed by atoms with Crippen LogP contribution in [0.25, 0.3) is 0 Å². The molecule has 1 atom stereocenters. The molecular formula is C20H25NO5. The number of carbonyl (C=O) groups is 1. The maximum Gasteiger partial charge on any atom is 0.258 e. The molecule has 1 amide bonds. The second-order valence-electron chi connectivity index (χ2n) is 5.59. The van der Waals surface area contributed by atoms with Gasteiger partial charge < -0.3 is 24.3 Å². The van der Waals surface area contributed by atoms with Gasteiger partial charge in [0.2, 0.25) is 0 Å². The Labute approximate surface area is 154 Å². The summed E-state index contributed by atoms with van der Waals surface area (Å²) in [6.07, 6.45) is 0. The molecule has 0 aliphatic rings. The first-order valence-electron chi connectivity index (χ1n) is 8.44. The molecule has 0 unspecified atom stereocenters. The third-order valence-electron chi connectivity index (χ3n) is 3.79. The first kappa shape index (κ1) is 19.4. The number of nitrogens with one attached hydrogen (secondary N) is 1. The van der Waals surface area contributed by atoms with Crippen LogP contribution in [0.2, 0.25) is 0 Å². The molecular weight excluding hydrogens is 334 g/mol. The molecule has 0 saturated carbocycles. The third kappa shape index (κ3) is 5.31. The Balaban J connectivity index is 1.92. The molecule has 0 bridgehead atoms. The van der Waals surface area contributed by atoms with Crippen molar-refractivity contribution in [1.82, 2.24) is 5.32 Å². The van der Waals surface area contributed by atoms with Gasteiger partial charge in [0.1, 0.15) is 23.0 Å². The Hall–Kier alpha value is -2.89. The van der Waals surface area contributed by atoms with Gasteiger partial charge in [-0.25, -0.2) is 0 Å². The van der Waals surface area contributed by atoms with Gasteiger partial charge in [-0.05, 0) is 56.3 Å². The van der Waals surface area contributed by atoms with E-state index in [-0.39, 0.29) is 18.6 Å². The largest absolute Gasteiger partial charge is 0.497 e. The van der Waals surface area contributed by atoms with Crippen molar-refractivity contribution in [1.29, 1.82) is 0 Å². The second kappa shape index (κ2) is 9.56. The quantitative estimate of drug-likeness (QED) is 0.744. The van der Waals surface area contributed by atoms with E-state index < -0.39 is 0 Å². The lowest BCUT2D eigenvalue weighted by atomic mass is 10.1. The molecule has 0 saturated heterocycles. The van der Waals surface area contributed by atoms with E-state index in [1.807, 2.05) is 32.0 Å². The van der Waals surface area contributed by atoms with E-state index in [1.54, 1.807) is 38.5 Å². The smallest absolute Gasteiger partial charge is 0.258 e. The summed E-state index contributed by atoms with van der Waals surface area (Å²) in [5.41, 5.74) is 0.835. The zero-order chi connectivity index (χ0) is 18.9. The van der Waals surface area contributed by atoms with Crippen LogP contribution in [0, 0.1) is 0 Å². The average Bonchev–Trinajstić information content (AvgIpc) is 2.67. The van der Waals surface area contributed by atoms with Crippen molar-refractivity contribution in [2.45, 2.75) is 19.9 Å². The van der Waals surface area contributed by atoms with E-state index in [0.29, 0.717) is 23.9 Å². The zero-order valence-corrected chi connectivity index (χ0v) is 15.6. The van der Waals surface area contributed by atoms with Crippen LogP contribution in [0.15, 0.2) is 42.5 Å². The fraction of sp³-hybridized carbons (Fsp3) is 0.350. The van der Waals surface area contributed by atoms with E-state index in [2.05, 4.69) is 5.32 Å². The molecule has 26 heavy (non-hydrogen) atoms. The fourth-order valence-corrected chi connectivity index (χ4v) is 2.49. The molecule has 0 radical (unpaired) electrons. The van der Waals surface area contributed by atoms with Gasteiger partial charge in [-0.1, -0.05) is 0 Å². The molecule has 6 nitrogen and oxygen atoms in total. The monoisotopic (exact) mass is 359 g/mol. The van der Waals surface area contributed by atoms with Crippen LogP contribution in [-0.2, 0) is 4.79 Å². The molecule has 2 aromatic rings. The number of hydrogen-bond acceptors (Lipinski definition) is 5. The number of benzene rings is 2. The number of rotatable bonds is 9. The normalized spacial score (nSPS) is 11.4. The highest BCUT2D eigenvalue weighted by Gasteiger charge is 2.15. The standard InChI is InChI=1S/C20H25NO5/c1-5-25-15-6-8-16(9-7-15)26-13-20(22)21-14(2)18-12-17(23-3)10-11-19(18)24-4/h6-12,14H,5,13H2,1-4H3,(H,21,22)/t14-/m1/s1. The van der Waals surface area contributed by atoms with Crippen molar-refractivity contribution in [2.75, 3.05) is 27.4 Å². The summed E-state index contributed by atoms with van der Waals surface area (Å²) in [6, 6.07) is 12.4.